The summed E-state index contributed by atoms with van der Waals surface area (Å²) < 4.78 is 1.72. The summed E-state index contributed by atoms with van der Waals surface area (Å²) in [5, 5.41) is 8.68. The summed E-state index contributed by atoms with van der Waals surface area (Å²) in [6, 6.07) is 5.34. The van der Waals surface area contributed by atoms with Gasteiger partial charge in [-0.2, -0.15) is 0 Å². The standard InChI is InChI=1S/C7H4I2O2/c8-4-1-2-6(9)5(3-4)7(10)11/h1-3H,(H,10,11). The van der Waals surface area contributed by atoms with Gasteiger partial charge < -0.3 is 5.11 Å². The van der Waals surface area contributed by atoms with Crippen LogP contribution in [0.3, 0.4) is 0 Å². The Hall–Kier alpha value is 0.150. The van der Waals surface area contributed by atoms with Gasteiger partial charge in [0.25, 0.3) is 0 Å². The maximum Gasteiger partial charge on any atom is 0.336 e. The minimum Gasteiger partial charge on any atom is -0.478 e. The van der Waals surface area contributed by atoms with Crippen molar-refractivity contribution in [2.24, 2.45) is 0 Å². The summed E-state index contributed by atoms with van der Waals surface area (Å²) in [5.41, 5.74) is 0.373. The highest BCUT2D eigenvalue weighted by atomic mass is 127. The quantitative estimate of drug-likeness (QED) is 0.768. The largest absolute Gasteiger partial charge is 0.478 e. The molecule has 0 heterocycles. The van der Waals surface area contributed by atoms with Gasteiger partial charge in [0.05, 0.1) is 5.56 Å². The molecule has 4 heteroatoms. The zero-order chi connectivity index (χ0) is 8.43. The zero-order valence-corrected chi connectivity index (χ0v) is 9.66. The topological polar surface area (TPSA) is 37.3 Å². The summed E-state index contributed by atoms with van der Waals surface area (Å²) >= 11 is 4.10. The number of aromatic carboxylic acids is 1. The molecule has 0 aliphatic heterocycles. The SMILES string of the molecule is O=C(O)c1cc(I)ccc1I. The molecule has 11 heavy (non-hydrogen) atoms. The smallest absolute Gasteiger partial charge is 0.336 e. The molecular formula is C7H4I2O2. The molecule has 0 saturated carbocycles. The third-order valence-electron chi connectivity index (χ3n) is 1.16. The molecule has 0 bridgehead atoms. The summed E-state index contributed by atoms with van der Waals surface area (Å²) in [5.74, 6) is -0.868. The Kier molecular flexibility index (Phi) is 3.11. The van der Waals surface area contributed by atoms with Crippen LogP contribution < -0.4 is 0 Å². The van der Waals surface area contributed by atoms with Crippen LogP contribution in [0.25, 0.3) is 0 Å². The number of rotatable bonds is 1. The van der Waals surface area contributed by atoms with Gasteiger partial charge in [0.15, 0.2) is 0 Å². The number of carbonyl (C=O) groups is 1. The van der Waals surface area contributed by atoms with E-state index in [9.17, 15) is 4.79 Å². The highest BCUT2D eigenvalue weighted by molar-refractivity contribution is 14.1. The predicted octanol–water partition coefficient (Wildman–Crippen LogP) is 2.59. The second-order valence-electron chi connectivity index (χ2n) is 1.93. The molecule has 0 radical (unpaired) electrons. The van der Waals surface area contributed by atoms with E-state index in [1.54, 1.807) is 12.1 Å². The lowest BCUT2D eigenvalue weighted by Crippen LogP contribution is -1.99. The van der Waals surface area contributed by atoms with E-state index in [2.05, 4.69) is 22.6 Å². The van der Waals surface area contributed by atoms with E-state index in [1.807, 2.05) is 28.7 Å². The molecule has 1 aromatic rings. The molecule has 58 valence electrons. The van der Waals surface area contributed by atoms with Crippen molar-refractivity contribution in [2.45, 2.75) is 0 Å². The van der Waals surface area contributed by atoms with E-state index in [0.29, 0.717) is 5.56 Å². The summed E-state index contributed by atoms with van der Waals surface area (Å²) in [7, 11) is 0. The Balaban J connectivity index is 3.23. The first-order valence-electron chi connectivity index (χ1n) is 2.79. The van der Waals surface area contributed by atoms with Crippen molar-refractivity contribution in [1.82, 2.24) is 0 Å². The number of carboxylic acid groups (broad SMARTS) is 1. The first-order valence-corrected chi connectivity index (χ1v) is 4.95. The summed E-state index contributed by atoms with van der Waals surface area (Å²) in [6.45, 7) is 0. The van der Waals surface area contributed by atoms with Gasteiger partial charge in [-0.05, 0) is 63.4 Å². The molecule has 1 aromatic carbocycles. The van der Waals surface area contributed by atoms with Crippen molar-refractivity contribution < 1.29 is 9.90 Å². The van der Waals surface area contributed by atoms with Crippen molar-refractivity contribution in [3.8, 4) is 0 Å². The molecule has 0 unspecified atom stereocenters. The van der Waals surface area contributed by atoms with Gasteiger partial charge in [-0.3, -0.25) is 0 Å². The van der Waals surface area contributed by atoms with E-state index < -0.39 is 5.97 Å². The number of halogens is 2. The summed E-state index contributed by atoms with van der Waals surface area (Å²) in [4.78, 5) is 10.6. The first-order chi connectivity index (χ1) is 5.11. The Labute approximate surface area is 91.3 Å². The fourth-order valence-corrected chi connectivity index (χ4v) is 1.72. The minimum absolute atomic E-state index is 0.373. The monoisotopic (exact) mass is 374 g/mol. The van der Waals surface area contributed by atoms with Crippen LogP contribution in [0.4, 0.5) is 0 Å². The number of carboxylic acids is 1. The third-order valence-corrected chi connectivity index (χ3v) is 2.77. The molecule has 1 rings (SSSR count). The fraction of sp³-hybridized carbons (Fsp3) is 0. The molecule has 0 saturated heterocycles. The Morgan fingerprint density at radius 3 is 2.45 bits per heavy atom. The lowest BCUT2D eigenvalue weighted by molar-refractivity contribution is 0.0695. The molecule has 1 N–H and O–H groups in total. The molecule has 0 atom stereocenters. The maximum atomic E-state index is 10.6. The Morgan fingerprint density at radius 2 is 2.00 bits per heavy atom. The molecule has 0 spiro atoms. The van der Waals surface area contributed by atoms with Crippen LogP contribution in [0, 0.1) is 7.14 Å². The Bertz CT molecular complexity index is 296. The fourth-order valence-electron chi connectivity index (χ4n) is 0.661. The molecule has 0 aliphatic rings. The molecular weight excluding hydrogens is 370 g/mol. The van der Waals surface area contributed by atoms with Crippen molar-refractivity contribution >= 4 is 51.2 Å². The van der Waals surface area contributed by atoms with Crippen molar-refractivity contribution in [3.63, 3.8) is 0 Å². The van der Waals surface area contributed by atoms with Crippen LogP contribution in [0.15, 0.2) is 18.2 Å². The number of benzene rings is 1. The third kappa shape index (κ3) is 2.29. The molecule has 2 nitrogen and oxygen atoms in total. The van der Waals surface area contributed by atoms with E-state index in [1.165, 1.54) is 0 Å². The van der Waals surface area contributed by atoms with E-state index in [0.717, 1.165) is 7.14 Å². The second-order valence-corrected chi connectivity index (χ2v) is 4.34. The lowest BCUT2D eigenvalue weighted by Gasteiger charge is -1.97. The van der Waals surface area contributed by atoms with Gasteiger partial charge in [-0.25, -0.2) is 4.79 Å². The van der Waals surface area contributed by atoms with Gasteiger partial charge in [-0.15, -0.1) is 0 Å². The van der Waals surface area contributed by atoms with Gasteiger partial charge >= 0.3 is 5.97 Å². The first kappa shape index (κ1) is 9.24. The summed E-state index contributed by atoms with van der Waals surface area (Å²) in [6.07, 6.45) is 0. The van der Waals surface area contributed by atoms with Crippen molar-refractivity contribution in [2.75, 3.05) is 0 Å². The van der Waals surface area contributed by atoms with Crippen molar-refractivity contribution in [1.29, 1.82) is 0 Å². The van der Waals surface area contributed by atoms with Gasteiger partial charge in [0.1, 0.15) is 0 Å². The van der Waals surface area contributed by atoms with Crippen molar-refractivity contribution in [3.05, 3.63) is 30.9 Å². The van der Waals surface area contributed by atoms with E-state index in [-0.39, 0.29) is 0 Å². The van der Waals surface area contributed by atoms with E-state index >= 15 is 0 Å². The van der Waals surface area contributed by atoms with Crippen LogP contribution >= 0.6 is 45.2 Å². The average molecular weight is 374 g/mol. The van der Waals surface area contributed by atoms with Gasteiger partial charge in [0.2, 0.25) is 0 Å². The van der Waals surface area contributed by atoms with Crippen LogP contribution in [-0.2, 0) is 0 Å². The normalized spacial score (nSPS) is 9.64. The number of hydrogen-bond acceptors (Lipinski definition) is 1. The highest BCUT2D eigenvalue weighted by Crippen LogP contribution is 2.15. The highest BCUT2D eigenvalue weighted by Gasteiger charge is 2.06. The molecule has 0 amide bonds. The van der Waals surface area contributed by atoms with E-state index in [4.69, 9.17) is 5.11 Å². The van der Waals surface area contributed by atoms with Crippen LogP contribution in [0.2, 0.25) is 0 Å². The second kappa shape index (κ2) is 3.70. The van der Waals surface area contributed by atoms with Gasteiger partial charge in [0, 0.05) is 7.14 Å². The molecule has 0 aliphatic carbocycles. The molecule has 0 fully saturated rings. The average Bonchev–Trinajstić information content (AvgIpc) is 1.94. The molecule has 0 aromatic heterocycles. The maximum absolute atomic E-state index is 10.6. The lowest BCUT2D eigenvalue weighted by atomic mass is 10.2. The minimum atomic E-state index is -0.868. The Morgan fingerprint density at radius 1 is 1.36 bits per heavy atom. The van der Waals surface area contributed by atoms with Crippen LogP contribution in [0.1, 0.15) is 10.4 Å². The van der Waals surface area contributed by atoms with Gasteiger partial charge in [-0.1, -0.05) is 0 Å². The van der Waals surface area contributed by atoms with Crippen LogP contribution in [0.5, 0.6) is 0 Å². The predicted molar refractivity (Wildman–Crippen MR) is 58.8 cm³/mol. The zero-order valence-electron chi connectivity index (χ0n) is 5.34. The van der Waals surface area contributed by atoms with Crippen LogP contribution in [-0.4, -0.2) is 11.1 Å². The number of hydrogen-bond donors (Lipinski definition) is 1.